The minimum Gasteiger partial charge on any atom is -0.497 e. The molecule has 2 aromatic carbocycles. The van der Waals surface area contributed by atoms with Crippen LogP contribution in [-0.4, -0.2) is 23.9 Å². The highest BCUT2D eigenvalue weighted by atomic mass is 16.5. The molecule has 3 aromatic rings. The molecule has 0 saturated carbocycles. The van der Waals surface area contributed by atoms with Gasteiger partial charge in [0.25, 0.3) is 0 Å². The van der Waals surface area contributed by atoms with Crippen molar-refractivity contribution in [2.24, 2.45) is 0 Å². The Labute approximate surface area is 152 Å². The van der Waals surface area contributed by atoms with Crippen LogP contribution in [0.15, 0.2) is 47.0 Å². The van der Waals surface area contributed by atoms with Crippen LogP contribution in [0.3, 0.4) is 0 Å². The number of hydrogen-bond donors (Lipinski definition) is 1. The van der Waals surface area contributed by atoms with E-state index in [2.05, 4.69) is 27.6 Å². The first-order chi connectivity index (χ1) is 12.7. The molecule has 2 heterocycles. The number of hydrogen-bond acceptors (Lipinski definition) is 6. The number of methoxy groups -OCH3 is 1. The predicted octanol–water partition coefficient (Wildman–Crippen LogP) is 3.53. The molecule has 26 heavy (non-hydrogen) atoms. The Bertz CT molecular complexity index is 907. The lowest BCUT2D eigenvalue weighted by Gasteiger charge is -2.10. The summed E-state index contributed by atoms with van der Waals surface area (Å²) >= 11 is 0. The van der Waals surface area contributed by atoms with Crippen molar-refractivity contribution in [1.29, 1.82) is 0 Å². The van der Waals surface area contributed by atoms with E-state index in [0.29, 0.717) is 11.7 Å². The third-order valence-corrected chi connectivity index (χ3v) is 4.51. The molecule has 6 nitrogen and oxygen atoms in total. The van der Waals surface area contributed by atoms with Crippen molar-refractivity contribution in [2.45, 2.75) is 25.9 Å². The minimum absolute atomic E-state index is 0.0497. The van der Waals surface area contributed by atoms with E-state index >= 15 is 0 Å². The molecule has 0 spiro atoms. The van der Waals surface area contributed by atoms with Gasteiger partial charge in [0.05, 0.1) is 19.8 Å². The van der Waals surface area contributed by atoms with Gasteiger partial charge < -0.3 is 19.3 Å². The van der Waals surface area contributed by atoms with Gasteiger partial charge in [-0.05, 0) is 36.2 Å². The van der Waals surface area contributed by atoms with Crippen LogP contribution < -0.4 is 14.8 Å². The zero-order valence-electron chi connectivity index (χ0n) is 14.9. The molecule has 1 aromatic heterocycles. The summed E-state index contributed by atoms with van der Waals surface area (Å²) in [5, 5.41) is 7.52. The second-order valence-electron chi connectivity index (χ2n) is 6.33. The Morgan fingerprint density at radius 1 is 1.23 bits per heavy atom. The van der Waals surface area contributed by atoms with E-state index in [4.69, 9.17) is 14.0 Å². The average Bonchev–Trinajstić information content (AvgIpc) is 3.35. The average molecular weight is 351 g/mol. The molecule has 1 atom stereocenters. The van der Waals surface area contributed by atoms with Crippen LogP contribution in [-0.2, 0) is 13.0 Å². The number of rotatable bonds is 6. The number of fused-ring (bicyclic) bond motifs is 1. The van der Waals surface area contributed by atoms with Crippen molar-refractivity contribution in [3.05, 3.63) is 59.5 Å². The van der Waals surface area contributed by atoms with Gasteiger partial charge in [-0.25, -0.2) is 0 Å². The lowest BCUT2D eigenvalue weighted by molar-refractivity contribution is 0.339. The number of nitrogens with zero attached hydrogens (tertiary/aromatic N) is 2. The first-order valence-corrected chi connectivity index (χ1v) is 8.69. The van der Waals surface area contributed by atoms with Crippen molar-refractivity contribution in [3.63, 3.8) is 0 Å². The van der Waals surface area contributed by atoms with Crippen LogP contribution in [0, 0.1) is 0 Å². The second-order valence-corrected chi connectivity index (χ2v) is 6.33. The fourth-order valence-corrected chi connectivity index (χ4v) is 3.00. The van der Waals surface area contributed by atoms with E-state index in [1.807, 2.05) is 37.3 Å². The normalized spacial score (nSPS) is 13.9. The maximum Gasteiger partial charge on any atom is 0.243 e. The zero-order valence-corrected chi connectivity index (χ0v) is 14.9. The summed E-state index contributed by atoms with van der Waals surface area (Å²) in [7, 11) is 1.64. The van der Waals surface area contributed by atoms with Gasteiger partial charge in [-0.3, -0.25) is 0 Å². The third kappa shape index (κ3) is 3.41. The summed E-state index contributed by atoms with van der Waals surface area (Å²) in [4.78, 5) is 4.51. The van der Waals surface area contributed by atoms with Crippen LogP contribution >= 0.6 is 0 Å². The maximum atomic E-state index is 5.55. The van der Waals surface area contributed by atoms with Crippen molar-refractivity contribution in [3.8, 4) is 22.9 Å². The van der Waals surface area contributed by atoms with Crippen molar-refractivity contribution < 1.29 is 14.0 Å². The summed E-state index contributed by atoms with van der Waals surface area (Å²) in [6, 6.07) is 13.9. The first-order valence-electron chi connectivity index (χ1n) is 8.69. The fourth-order valence-electron chi connectivity index (χ4n) is 3.00. The van der Waals surface area contributed by atoms with Gasteiger partial charge >= 0.3 is 0 Å². The molecule has 0 saturated heterocycles. The van der Waals surface area contributed by atoms with Crippen LogP contribution in [0.4, 0.5) is 0 Å². The molecule has 134 valence electrons. The van der Waals surface area contributed by atoms with Crippen LogP contribution in [0.25, 0.3) is 11.4 Å². The van der Waals surface area contributed by atoms with E-state index in [1.165, 1.54) is 11.1 Å². The molecule has 0 aliphatic carbocycles. The molecule has 0 fully saturated rings. The van der Waals surface area contributed by atoms with Crippen LogP contribution in [0.2, 0.25) is 0 Å². The van der Waals surface area contributed by atoms with Gasteiger partial charge in [-0.15, -0.1) is 0 Å². The molecule has 4 rings (SSSR count). The third-order valence-electron chi connectivity index (χ3n) is 4.51. The Morgan fingerprint density at radius 3 is 3.04 bits per heavy atom. The van der Waals surface area contributed by atoms with Gasteiger partial charge in [0, 0.05) is 18.5 Å². The molecule has 0 radical (unpaired) electrons. The topological polar surface area (TPSA) is 69.4 Å². The molecular formula is C20H21N3O3. The number of nitrogens with one attached hydrogen (secondary N) is 1. The Balaban J connectivity index is 1.42. The SMILES string of the molecule is COc1cccc(-c2noc(C(C)NCc3ccc4c(c3)CCO4)n2)c1. The summed E-state index contributed by atoms with van der Waals surface area (Å²) in [5.74, 6) is 2.89. The van der Waals surface area contributed by atoms with E-state index in [0.717, 1.165) is 36.6 Å². The number of ether oxygens (including phenoxy) is 2. The van der Waals surface area contributed by atoms with Gasteiger partial charge in [0.15, 0.2) is 0 Å². The fraction of sp³-hybridized carbons (Fsp3) is 0.300. The predicted molar refractivity (Wildman–Crippen MR) is 97.2 cm³/mol. The minimum atomic E-state index is -0.0497. The number of benzene rings is 2. The highest BCUT2D eigenvalue weighted by molar-refractivity contribution is 5.56. The molecule has 6 heteroatoms. The van der Waals surface area contributed by atoms with Crippen molar-refractivity contribution in [1.82, 2.24) is 15.5 Å². The lowest BCUT2D eigenvalue weighted by Crippen LogP contribution is -2.18. The van der Waals surface area contributed by atoms with Gasteiger partial charge in [-0.2, -0.15) is 4.98 Å². The van der Waals surface area contributed by atoms with Crippen molar-refractivity contribution >= 4 is 0 Å². The first kappa shape index (κ1) is 16.6. The second kappa shape index (κ2) is 7.17. The molecule has 0 amide bonds. The van der Waals surface area contributed by atoms with E-state index in [-0.39, 0.29) is 6.04 Å². The Kier molecular flexibility index (Phi) is 4.58. The summed E-state index contributed by atoms with van der Waals surface area (Å²) in [6.45, 7) is 3.52. The summed E-state index contributed by atoms with van der Waals surface area (Å²) in [6.07, 6.45) is 0.978. The quantitative estimate of drug-likeness (QED) is 0.733. The monoisotopic (exact) mass is 351 g/mol. The Hall–Kier alpha value is -2.86. The van der Waals surface area contributed by atoms with Gasteiger partial charge in [-0.1, -0.05) is 29.4 Å². The maximum absolute atomic E-state index is 5.55. The van der Waals surface area contributed by atoms with E-state index < -0.39 is 0 Å². The van der Waals surface area contributed by atoms with Crippen LogP contribution in [0.1, 0.15) is 30.0 Å². The van der Waals surface area contributed by atoms with Crippen LogP contribution in [0.5, 0.6) is 11.5 Å². The highest BCUT2D eigenvalue weighted by Gasteiger charge is 2.16. The lowest BCUT2D eigenvalue weighted by atomic mass is 10.1. The van der Waals surface area contributed by atoms with Gasteiger partial charge in [0.1, 0.15) is 11.5 Å². The molecule has 1 aliphatic rings. The zero-order chi connectivity index (χ0) is 17.9. The molecule has 1 unspecified atom stereocenters. The Morgan fingerprint density at radius 2 is 2.15 bits per heavy atom. The molecular weight excluding hydrogens is 330 g/mol. The smallest absolute Gasteiger partial charge is 0.243 e. The van der Waals surface area contributed by atoms with E-state index in [1.54, 1.807) is 7.11 Å². The largest absolute Gasteiger partial charge is 0.497 e. The van der Waals surface area contributed by atoms with Crippen molar-refractivity contribution in [2.75, 3.05) is 13.7 Å². The summed E-state index contributed by atoms with van der Waals surface area (Å²) in [5.41, 5.74) is 3.36. The summed E-state index contributed by atoms with van der Waals surface area (Å²) < 4.78 is 16.2. The highest BCUT2D eigenvalue weighted by Crippen LogP contribution is 2.26. The van der Waals surface area contributed by atoms with E-state index in [9.17, 15) is 0 Å². The van der Waals surface area contributed by atoms with Gasteiger partial charge in [0.2, 0.25) is 11.7 Å². The standard InChI is InChI=1S/C20H21N3O3/c1-13(21-12-14-6-7-18-15(10-14)8-9-25-18)20-22-19(23-26-20)16-4-3-5-17(11-16)24-2/h3-7,10-11,13,21H,8-9,12H2,1-2H3. The molecule has 1 N–H and O–H groups in total. The molecule has 1 aliphatic heterocycles. The molecule has 0 bridgehead atoms. The number of aromatic nitrogens is 2.